The minimum atomic E-state index is -0.191. The third-order valence-electron chi connectivity index (χ3n) is 2.17. The molecule has 2 heterocycles. The van der Waals surface area contributed by atoms with Crippen molar-refractivity contribution in [3.63, 3.8) is 0 Å². The lowest BCUT2D eigenvalue weighted by Crippen LogP contribution is -2.59. The van der Waals surface area contributed by atoms with Crippen LogP contribution in [0.1, 0.15) is 6.92 Å². The Morgan fingerprint density at radius 3 is 3.13 bits per heavy atom. The second-order valence-electron chi connectivity index (χ2n) is 3.67. The van der Waals surface area contributed by atoms with Crippen LogP contribution >= 0.6 is 11.5 Å². The molecule has 1 amide bonds. The number of aromatic nitrogens is 2. The lowest BCUT2D eigenvalue weighted by molar-refractivity contribution is -0.130. The van der Waals surface area contributed by atoms with Crippen molar-refractivity contribution in [1.29, 1.82) is 0 Å². The first kappa shape index (κ1) is 10.5. The molecule has 2 N–H and O–H groups in total. The van der Waals surface area contributed by atoms with Crippen LogP contribution in [0.5, 0.6) is 0 Å². The van der Waals surface area contributed by atoms with Gasteiger partial charge in [0.2, 0.25) is 0 Å². The van der Waals surface area contributed by atoms with E-state index in [0.717, 1.165) is 24.6 Å². The molecule has 0 aromatic carbocycles. The molecule has 0 bridgehead atoms. The molecular weight excluding hydrogens is 216 g/mol. The molecule has 1 aliphatic heterocycles. The molecule has 0 saturated carbocycles. The molecule has 15 heavy (non-hydrogen) atoms. The maximum Gasteiger partial charge on any atom is 0.251 e. The summed E-state index contributed by atoms with van der Waals surface area (Å²) in [4.78, 5) is 11.4. The third-order valence-corrected chi connectivity index (χ3v) is 2.75. The van der Waals surface area contributed by atoms with Crippen LogP contribution in [0.25, 0.3) is 0 Å². The normalized spacial score (nSPS) is 18.2. The Labute approximate surface area is 91.2 Å². The predicted octanol–water partition coefficient (Wildman–Crippen LogP) is -0.145. The van der Waals surface area contributed by atoms with E-state index >= 15 is 0 Å². The second kappa shape index (κ2) is 4.21. The molecule has 1 saturated heterocycles. The van der Waals surface area contributed by atoms with Crippen LogP contribution in [-0.2, 0) is 9.53 Å². The molecule has 1 aromatic heterocycles. The molecular formula is C8H12N4O2S. The lowest BCUT2D eigenvalue weighted by atomic mass is 10.0. The van der Waals surface area contributed by atoms with E-state index in [0.29, 0.717) is 5.00 Å². The lowest BCUT2D eigenvalue weighted by Gasteiger charge is -2.38. The molecule has 0 aliphatic carbocycles. The van der Waals surface area contributed by atoms with E-state index in [4.69, 9.17) is 4.74 Å². The van der Waals surface area contributed by atoms with E-state index in [1.165, 1.54) is 6.20 Å². The Hall–Kier alpha value is -1.05. The number of carbonyl (C=O) groups excluding carboxylic acids is 1. The smallest absolute Gasteiger partial charge is 0.251 e. The van der Waals surface area contributed by atoms with Crippen molar-refractivity contribution >= 4 is 22.4 Å². The zero-order valence-corrected chi connectivity index (χ0v) is 9.13. The minimum Gasteiger partial charge on any atom is -0.363 e. The second-order valence-corrected chi connectivity index (χ2v) is 4.46. The number of anilines is 1. The summed E-state index contributed by atoms with van der Waals surface area (Å²) in [6.07, 6.45) is 1.51. The highest BCUT2D eigenvalue weighted by Crippen LogP contribution is 2.15. The largest absolute Gasteiger partial charge is 0.363 e. The summed E-state index contributed by atoms with van der Waals surface area (Å²) in [6, 6.07) is 0. The molecule has 82 valence electrons. The summed E-state index contributed by atoms with van der Waals surface area (Å²) < 4.78 is 9.10. The standard InChI is InChI=1S/C8H12N4O2S/c1-8(4-9-5-8)14-3-6(13)11-7-2-10-12-15-7/h2,9H,3-5H2,1H3,(H,11,13). The van der Waals surface area contributed by atoms with Crippen molar-refractivity contribution in [2.75, 3.05) is 25.0 Å². The fourth-order valence-electron chi connectivity index (χ4n) is 1.21. The average Bonchev–Trinajstić information content (AvgIpc) is 2.64. The van der Waals surface area contributed by atoms with Crippen LogP contribution in [0.3, 0.4) is 0 Å². The summed E-state index contributed by atoms with van der Waals surface area (Å²) in [7, 11) is 0. The monoisotopic (exact) mass is 228 g/mol. The van der Waals surface area contributed by atoms with Gasteiger partial charge in [-0.1, -0.05) is 4.49 Å². The van der Waals surface area contributed by atoms with Gasteiger partial charge in [0.1, 0.15) is 11.6 Å². The van der Waals surface area contributed by atoms with E-state index < -0.39 is 0 Å². The SMILES string of the molecule is CC1(OCC(=O)Nc2cnns2)CNC1. The maximum atomic E-state index is 11.4. The quantitative estimate of drug-likeness (QED) is 0.750. The molecule has 1 aliphatic rings. The molecule has 1 aromatic rings. The van der Waals surface area contributed by atoms with Gasteiger partial charge in [0.05, 0.1) is 11.8 Å². The molecule has 0 radical (unpaired) electrons. The van der Waals surface area contributed by atoms with E-state index in [1.807, 2.05) is 6.92 Å². The number of ether oxygens (including phenoxy) is 1. The highest BCUT2D eigenvalue weighted by atomic mass is 32.1. The predicted molar refractivity (Wildman–Crippen MR) is 55.8 cm³/mol. The minimum absolute atomic E-state index is 0.0656. The van der Waals surface area contributed by atoms with Crippen LogP contribution in [0, 0.1) is 0 Å². The van der Waals surface area contributed by atoms with Gasteiger partial charge in [-0.3, -0.25) is 4.79 Å². The number of hydrogen-bond acceptors (Lipinski definition) is 6. The average molecular weight is 228 g/mol. The van der Waals surface area contributed by atoms with Crippen molar-refractivity contribution in [3.8, 4) is 0 Å². The first-order chi connectivity index (χ1) is 7.18. The molecule has 2 rings (SSSR count). The van der Waals surface area contributed by atoms with Crippen LogP contribution in [0.2, 0.25) is 0 Å². The number of nitrogens with one attached hydrogen (secondary N) is 2. The molecule has 0 spiro atoms. The van der Waals surface area contributed by atoms with Crippen molar-refractivity contribution in [2.24, 2.45) is 0 Å². The van der Waals surface area contributed by atoms with Gasteiger partial charge in [-0.05, 0) is 6.92 Å². The van der Waals surface area contributed by atoms with Gasteiger partial charge < -0.3 is 15.4 Å². The third kappa shape index (κ3) is 2.71. The molecule has 0 unspecified atom stereocenters. The Bertz CT molecular complexity index is 336. The Kier molecular flexibility index (Phi) is 2.94. The van der Waals surface area contributed by atoms with E-state index in [9.17, 15) is 4.79 Å². The molecule has 7 heteroatoms. The molecule has 6 nitrogen and oxygen atoms in total. The number of rotatable bonds is 4. The van der Waals surface area contributed by atoms with Crippen molar-refractivity contribution in [2.45, 2.75) is 12.5 Å². The highest BCUT2D eigenvalue weighted by Gasteiger charge is 2.32. The number of hydrogen-bond donors (Lipinski definition) is 2. The first-order valence-corrected chi connectivity index (χ1v) is 5.37. The molecule has 1 fully saturated rings. The fourth-order valence-corrected chi connectivity index (χ4v) is 1.65. The van der Waals surface area contributed by atoms with Crippen LogP contribution in [0.4, 0.5) is 5.00 Å². The summed E-state index contributed by atoms with van der Waals surface area (Å²) in [5, 5.41) is 10.0. The number of nitrogens with zero attached hydrogens (tertiary/aromatic N) is 2. The van der Waals surface area contributed by atoms with Crippen LogP contribution < -0.4 is 10.6 Å². The van der Waals surface area contributed by atoms with Gasteiger partial charge in [-0.25, -0.2) is 0 Å². The van der Waals surface area contributed by atoms with Crippen LogP contribution in [0.15, 0.2) is 6.20 Å². The topological polar surface area (TPSA) is 76.1 Å². The van der Waals surface area contributed by atoms with E-state index in [2.05, 4.69) is 20.2 Å². The highest BCUT2D eigenvalue weighted by molar-refractivity contribution is 7.10. The maximum absolute atomic E-state index is 11.4. The number of carbonyl (C=O) groups is 1. The number of amides is 1. The Morgan fingerprint density at radius 1 is 1.80 bits per heavy atom. The molecule has 0 atom stereocenters. The summed E-state index contributed by atoms with van der Waals surface area (Å²) in [6.45, 7) is 3.63. The van der Waals surface area contributed by atoms with Crippen molar-refractivity contribution in [1.82, 2.24) is 14.9 Å². The Balaban J connectivity index is 1.73. The first-order valence-electron chi connectivity index (χ1n) is 4.60. The van der Waals surface area contributed by atoms with Crippen molar-refractivity contribution < 1.29 is 9.53 Å². The fraction of sp³-hybridized carbons (Fsp3) is 0.625. The summed E-state index contributed by atoms with van der Waals surface area (Å²) >= 11 is 1.14. The van der Waals surface area contributed by atoms with Gasteiger partial charge in [0.15, 0.2) is 0 Å². The van der Waals surface area contributed by atoms with Gasteiger partial charge in [-0.2, -0.15) is 0 Å². The van der Waals surface area contributed by atoms with Crippen LogP contribution in [-0.4, -0.2) is 40.8 Å². The zero-order valence-electron chi connectivity index (χ0n) is 8.32. The van der Waals surface area contributed by atoms with E-state index in [1.54, 1.807) is 0 Å². The van der Waals surface area contributed by atoms with Gasteiger partial charge >= 0.3 is 0 Å². The Morgan fingerprint density at radius 2 is 2.60 bits per heavy atom. The summed E-state index contributed by atoms with van der Waals surface area (Å²) in [5.74, 6) is -0.172. The van der Waals surface area contributed by atoms with Gasteiger partial charge in [0, 0.05) is 24.6 Å². The van der Waals surface area contributed by atoms with E-state index in [-0.39, 0.29) is 18.1 Å². The van der Waals surface area contributed by atoms with Gasteiger partial charge in [-0.15, -0.1) is 5.10 Å². The van der Waals surface area contributed by atoms with Gasteiger partial charge in [0.25, 0.3) is 5.91 Å². The zero-order chi connectivity index (χ0) is 10.7. The summed E-state index contributed by atoms with van der Waals surface area (Å²) in [5.41, 5.74) is -0.191. The van der Waals surface area contributed by atoms with Crippen molar-refractivity contribution in [3.05, 3.63) is 6.20 Å².